The number of imidazole rings is 1. The average Bonchev–Trinajstić information content (AvgIpc) is 2.97. The largest absolute Gasteiger partial charge is 0.375 e. The van der Waals surface area contributed by atoms with Crippen LogP contribution in [0.2, 0.25) is 0 Å². The maximum Gasteiger partial charge on any atom is 0.274 e. The van der Waals surface area contributed by atoms with Crippen LogP contribution in [-0.2, 0) is 4.74 Å². The van der Waals surface area contributed by atoms with E-state index in [-0.39, 0.29) is 12.0 Å². The number of nitrogens with zero attached hydrogens (tertiary/aromatic N) is 3. The summed E-state index contributed by atoms with van der Waals surface area (Å²) in [6.07, 6.45) is 7.30. The molecule has 0 N–H and O–H groups in total. The van der Waals surface area contributed by atoms with E-state index >= 15 is 0 Å². The maximum absolute atomic E-state index is 12.8. The molecule has 1 aliphatic rings. The number of fused-ring (bicyclic) bond motifs is 1. The van der Waals surface area contributed by atoms with Gasteiger partial charge in [-0.2, -0.15) is 0 Å². The third-order valence-electron chi connectivity index (χ3n) is 4.57. The van der Waals surface area contributed by atoms with Crippen molar-refractivity contribution in [2.45, 2.75) is 46.1 Å². The summed E-state index contributed by atoms with van der Waals surface area (Å²) in [5.74, 6) is 0.723. The SMILES string of the molecule is Cc1ccn2cc(C(=O)N3CCOC(CCCC(C)C)C3)nc2c1. The number of morpholine rings is 1. The van der Waals surface area contributed by atoms with E-state index in [1.165, 1.54) is 6.42 Å². The van der Waals surface area contributed by atoms with Gasteiger partial charge in [0.05, 0.1) is 12.7 Å². The Morgan fingerprint density at radius 3 is 3.08 bits per heavy atom. The molecule has 0 bridgehead atoms. The molecule has 0 aliphatic carbocycles. The first-order valence-corrected chi connectivity index (χ1v) is 8.89. The minimum Gasteiger partial charge on any atom is -0.375 e. The molecule has 5 nitrogen and oxygen atoms in total. The zero-order chi connectivity index (χ0) is 17.1. The zero-order valence-corrected chi connectivity index (χ0v) is 14.9. The van der Waals surface area contributed by atoms with Crippen LogP contribution in [0, 0.1) is 12.8 Å². The van der Waals surface area contributed by atoms with Crippen LogP contribution in [0.5, 0.6) is 0 Å². The van der Waals surface area contributed by atoms with E-state index in [2.05, 4.69) is 18.8 Å². The quantitative estimate of drug-likeness (QED) is 0.845. The van der Waals surface area contributed by atoms with Crippen LogP contribution >= 0.6 is 0 Å². The molecule has 1 atom stereocenters. The van der Waals surface area contributed by atoms with Crippen LogP contribution in [0.3, 0.4) is 0 Å². The highest BCUT2D eigenvalue weighted by Gasteiger charge is 2.26. The Balaban J connectivity index is 1.64. The minimum atomic E-state index is 0.00788. The van der Waals surface area contributed by atoms with Gasteiger partial charge in [0.25, 0.3) is 5.91 Å². The van der Waals surface area contributed by atoms with Gasteiger partial charge in [-0.25, -0.2) is 4.98 Å². The van der Waals surface area contributed by atoms with Gasteiger partial charge < -0.3 is 14.0 Å². The molecule has 24 heavy (non-hydrogen) atoms. The van der Waals surface area contributed by atoms with Gasteiger partial charge >= 0.3 is 0 Å². The van der Waals surface area contributed by atoms with Gasteiger partial charge in [0.15, 0.2) is 0 Å². The van der Waals surface area contributed by atoms with Crippen molar-refractivity contribution in [3.05, 3.63) is 35.8 Å². The van der Waals surface area contributed by atoms with Crippen LogP contribution in [0.1, 0.15) is 49.2 Å². The third kappa shape index (κ3) is 3.96. The standard InChI is InChI=1S/C19H27N3O2/c1-14(2)5-4-6-16-12-22(9-10-24-16)19(23)17-13-21-8-7-15(3)11-18(21)20-17/h7-8,11,13-14,16H,4-6,9-10,12H2,1-3H3. The fourth-order valence-corrected chi connectivity index (χ4v) is 3.18. The van der Waals surface area contributed by atoms with E-state index in [4.69, 9.17) is 4.74 Å². The summed E-state index contributed by atoms with van der Waals surface area (Å²) in [7, 11) is 0. The first kappa shape index (κ1) is 17.0. The molecule has 2 aromatic rings. The van der Waals surface area contributed by atoms with E-state index in [9.17, 15) is 4.79 Å². The van der Waals surface area contributed by atoms with Crippen molar-refractivity contribution in [2.75, 3.05) is 19.7 Å². The molecule has 3 rings (SSSR count). The van der Waals surface area contributed by atoms with E-state index in [0.29, 0.717) is 31.3 Å². The lowest BCUT2D eigenvalue weighted by Crippen LogP contribution is -2.45. The van der Waals surface area contributed by atoms with Gasteiger partial charge in [0.2, 0.25) is 0 Å². The lowest BCUT2D eigenvalue weighted by atomic mass is 10.0. The van der Waals surface area contributed by atoms with Crippen molar-refractivity contribution < 1.29 is 9.53 Å². The Kier molecular flexibility index (Phi) is 5.19. The molecule has 3 heterocycles. The number of carbonyl (C=O) groups is 1. The van der Waals surface area contributed by atoms with E-state index in [1.54, 1.807) is 0 Å². The summed E-state index contributed by atoms with van der Waals surface area (Å²) < 4.78 is 7.73. The number of carbonyl (C=O) groups excluding carboxylic acids is 1. The Morgan fingerprint density at radius 2 is 2.29 bits per heavy atom. The number of amides is 1. The van der Waals surface area contributed by atoms with Gasteiger partial charge in [0.1, 0.15) is 11.3 Å². The second-order valence-corrected chi connectivity index (χ2v) is 7.16. The maximum atomic E-state index is 12.8. The molecule has 1 aliphatic heterocycles. The van der Waals surface area contributed by atoms with Crippen molar-refractivity contribution in [1.82, 2.24) is 14.3 Å². The number of aromatic nitrogens is 2. The molecular formula is C19H27N3O2. The van der Waals surface area contributed by atoms with Crippen LogP contribution in [-0.4, -0.2) is 46.0 Å². The van der Waals surface area contributed by atoms with Gasteiger partial charge in [-0.05, 0) is 37.0 Å². The summed E-state index contributed by atoms with van der Waals surface area (Å²) >= 11 is 0. The number of ether oxygens (including phenoxy) is 1. The number of hydrogen-bond acceptors (Lipinski definition) is 3. The van der Waals surface area contributed by atoms with Gasteiger partial charge in [-0.15, -0.1) is 0 Å². The smallest absolute Gasteiger partial charge is 0.274 e. The highest BCUT2D eigenvalue weighted by molar-refractivity contribution is 5.93. The molecule has 0 spiro atoms. The van der Waals surface area contributed by atoms with Crippen LogP contribution in [0.15, 0.2) is 24.5 Å². The summed E-state index contributed by atoms with van der Waals surface area (Å²) in [5.41, 5.74) is 2.48. The summed E-state index contributed by atoms with van der Waals surface area (Å²) in [6, 6.07) is 4.01. The molecule has 0 radical (unpaired) electrons. The topological polar surface area (TPSA) is 46.8 Å². The van der Waals surface area contributed by atoms with Crippen LogP contribution in [0.25, 0.3) is 5.65 Å². The summed E-state index contributed by atoms with van der Waals surface area (Å²) in [6.45, 7) is 8.44. The lowest BCUT2D eigenvalue weighted by Gasteiger charge is -2.32. The molecule has 1 unspecified atom stereocenters. The third-order valence-corrected chi connectivity index (χ3v) is 4.57. The average molecular weight is 329 g/mol. The van der Waals surface area contributed by atoms with E-state index in [1.807, 2.05) is 40.8 Å². The lowest BCUT2D eigenvalue weighted by molar-refractivity contribution is -0.0261. The first-order valence-electron chi connectivity index (χ1n) is 8.89. The molecule has 1 saturated heterocycles. The van der Waals surface area contributed by atoms with Gasteiger partial charge in [0, 0.05) is 25.5 Å². The monoisotopic (exact) mass is 329 g/mol. The van der Waals surface area contributed by atoms with Crippen molar-refractivity contribution in [3.8, 4) is 0 Å². The van der Waals surface area contributed by atoms with Gasteiger partial charge in [-0.1, -0.05) is 26.7 Å². The predicted octanol–water partition coefficient (Wildman–Crippen LogP) is 3.31. The normalized spacial score (nSPS) is 18.5. The van der Waals surface area contributed by atoms with Gasteiger partial charge in [-0.3, -0.25) is 4.79 Å². The fourth-order valence-electron chi connectivity index (χ4n) is 3.18. The van der Waals surface area contributed by atoms with Crippen molar-refractivity contribution >= 4 is 11.6 Å². The molecule has 5 heteroatoms. The van der Waals surface area contributed by atoms with Crippen molar-refractivity contribution in [3.63, 3.8) is 0 Å². The fraction of sp³-hybridized carbons (Fsp3) is 0.579. The number of pyridine rings is 1. The zero-order valence-electron chi connectivity index (χ0n) is 14.9. The second-order valence-electron chi connectivity index (χ2n) is 7.16. The Bertz CT molecular complexity index is 708. The number of rotatable bonds is 5. The molecule has 0 aromatic carbocycles. The minimum absolute atomic E-state index is 0.00788. The molecule has 2 aromatic heterocycles. The Labute approximate surface area is 143 Å². The summed E-state index contributed by atoms with van der Waals surface area (Å²) in [5, 5.41) is 0. The van der Waals surface area contributed by atoms with Crippen LogP contribution in [0.4, 0.5) is 0 Å². The van der Waals surface area contributed by atoms with Crippen molar-refractivity contribution in [2.24, 2.45) is 5.92 Å². The molecular weight excluding hydrogens is 302 g/mol. The molecule has 130 valence electrons. The number of aryl methyl sites for hydroxylation is 1. The predicted molar refractivity (Wildman–Crippen MR) is 94.3 cm³/mol. The highest BCUT2D eigenvalue weighted by atomic mass is 16.5. The number of hydrogen-bond donors (Lipinski definition) is 0. The first-order chi connectivity index (χ1) is 11.5. The Hall–Kier alpha value is -1.88. The summed E-state index contributed by atoms with van der Waals surface area (Å²) in [4.78, 5) is 19.2. The van der Waals surface area contributed by atoms with Crippen LogP contribution < -0.4 is 0 Å². The molecule has 0 saturated carbocycles. The van der Waals surface area contributed by atoms with E-state index < -0.39 is 0 Å². The highest BCUT2D eigenvalue weighted by Crippen LogP contribution is 2.17. The van der Waals surface area contributed by atoms with E-state index in [0.717, 1.165) is 24.1 Å². The Morgan fingerprint density at radius 1 is 1.46 bits per heavy atom. The molecule has 1 fully saturated rings. The van der Waals surface area contributed by atoms with Crippen molar-refractivity contribution in [1.29, 1.82) is 0 Å². The second kappa shape index (κ2) is 7.34. The molecule has 1 amide bonds.